The molecule has 1 aromatic heterocycles. The maximum absolute atomic E-state index is 13.2. The summed E-state index contributed by atoms with van der Waals surface area (Å²) in [7, 11) is 3.28. The number of nitrogens with zero attached hydrogens (tertiary/aromatic N) is 1. The number of carbonyl (C=O) groups excluding carboxylic acids is 2. The summed E-state index contributed by atoms with van der Waals surface area (Å²) in [5.74, 6) is 0.214. The number of hydrogen-bond acceptors (Lipinski definition) is 3. The van der Waals surface area contributed by atoms with Gasteiger partial charge >= 0.3 is 0 Å². The summed E-state index contributed by atoms with van der Waals surface area (Å²) >= 11 is 6.10. The highest BCUT2D eigenvalue weighted by molar-refractivity contribution is 6.30. The minimum Gasteiger partial charge on any atom is -0.496 e. The van der Waals surface area contributed by atoms with Gasteiger partial charge in [0.05, 0.1) is 7.11 Å². The first-order valence-corrected chi connectivity index (χ1v) is 9.66. The van der Waals surface area contributed by atoms with Crippen LogP contribution in [-0.2, 0) is 22.6 Å². The molecule has 0 saturated carbocycles. The standard InChI is InChI=1S/C22H24ClN3O3/c1-14(27)25-20(11-15-12-24-19-7-5-4-6-18(15)19)22(28)26(2)13-16-10-17(23)8-9-21(16)29-3/h4-10,12,20,24H,11,13H2,1-3H3,(H,25,27). The van der Waals surface area contributed by atoms with Gasteiger partial charge in [0.25, 0.3) is 0 Å². The van der Waals surface area contributed by atoms with Crippen LogP contribution in [0.5, 0.6) is 5.75 Å². The van der Waals surface area contributed by atoms with Crippen LogP contribution < -0.4 is 10.1 Å². The van der Waals surface area contributed by atoms with E-state index in [1.54, 1.807) is 37.3 Å². The fraction of sp³-hybridized carbons (Fsp3) is 0.273. The van der Waals surface area contributed by atoms with Crippen molar-refractivity contribution >= 4 is 34.3 Å². The molecule has 1 heterocycles. The molecule has 0 radical (unpaired) electrons. The highest BCUT2D eigenvalue weighted by Gasteiger charge is 2.25. The molecule has 3 aromatic rings. The number of benzene rings is 2. The molecule has 0 aliphatic carbocycles. The Morgan fingerprint density at radius 3 is 2.69 bits per heavy atom. The SMILES string of the molecule is COc1ccc(Cl)cc1CN(C)C(=O)C(Cc1c[nH]c2ccccc12)NC(C)=O. The van der Waals surface area contributed by atoms with Crippen LogP contribution in [0.2, 0.25) is 5.02 Å². The van der Waals surface area contributed by atoms with Gasteiger partial charge in [0, 0.05) is 54.6 Å². The molecule has 0 aliphatic heterocycles. The van der Waals surface area contributed by atoms with E-state index in [-0.39, 0.29) is 11.8 Å². The minimum absolute atomic E-state index is 0.187. The first-order chi connectivity index (χ1) is 13.9. The Morgan fingerprint density at radius 2 is 1.97 bits per heavy atom. The monoisotopic (exact) mass is 413 g/mol. The average molecular weight is 414 g/mol. The number of H-pyrrole nitrogens is 1. The van der Waals surface area contributed by atoms with Crippen molar-refractivity contribution in [3.8, 4) is 5.75 Å². The Hall–Kier alpha value is -2.99. The highest BCUT2D eigenvalue weighted by atomic mass is 35.5. The lowest BCUT2D eigenvalue weighted by Crippen LogP contribution is -2.47. The number of aromatic nitrogens is 1. The zero-order valence-electron chi connectivity index (χ0n) is 16.7. The average Bonchev–Trinajstić information content (AvgIpc) is 3.10. The van der Waals surface area contributed by atoms with E-state index >= 15 is 0 Å². The predicted octanol–water partition coefficient (Wildman–Crippen LogP) is 3.54. The Labute approximate surface area is 174 Å². The second kappa shape index (κ2) is 9.01. The number of halogens is 1. The Morgan fingerprint density at radius 1 is 1.21 bits per heavy atom. The summed E-state index contributed by atoms with van der Waals surface area (Å²) in [6.45, 7) is 1.72. The Bertz CT molecular complexity index is 1030. The van der Waals surface area contributed by atoms with E-state index in [2.05, 4.69) is 10.3 Å². The lowest BCUT2D eigenvalue weighted by atomic mass is 10.0. The maximum Gasteiger partial charge on any atom is 0.245 e. The number of nitrogens with one attached hydrogen (secondary N) is 2. The first kappa shape index (κ1) is 20.7. The van der Waals surface area contributed by atoms with Gasteiger partial charge in [-0.1, -0.05) is 29.8 Å². The normalized spacial score (nSPS) is 11.9. The van der Waals surface area contributed by atoms with Crippen LogP contribution in [-0.4, -0.2) is 41.9 Å². The second-order valence-corrected chi connectivity index (χ2v) is 7.40. The summed E-state index contributed by atoms with van der Waals surface area (Å²) in [5.41, 5.74) is 2.76. The van der Waals surface area contributed by atoms with Crippen LogP contribution >= 0.6 is 11.6 Å². The zero-order valence-corrected chi connectivity index (χ0v) is 17.4. The third-order valence-electron chi connectivity index (χ3n) is 4.80. The van der Waals surface area contributed by atoms with Crippen molar-refractivity contribution in [2.45, 2.75) is 25.9 Å². The molecule has 2 N–H and O–H groups in total. The van der Waals surface area contributed by atoms with Gasteiger partial charge < -0.3 is 19.9 Å². The number of carbonyl (C=O) groups is 2. The summed E-state index contributed by atoms with van der Waals surface area (Å²) < 4.78 is 5.37. The van der Waals surface area contributed by atoms with E-state index in [4.69, 9.17) is 16.3 Å². The maximum atomic E-state index is 13.2. The van der Waals surface area contributed by atoms with Crippen LogP contribution in [0.15, 0.2) is 48.7 Å². The minimum atomic E-state index is -0.679. The van der Waals surface area contributed by atoms with E-state index < -0.39 is 6.04 Å². The fourth-order valence-corrected chi connectivity index (χ4v) is 3.63. The number of aromatic amines is 1. The number of amides is 2. The van der Waals surface area contributed by atoms with E-state index in [1.165, 1.54) is 6.92 Å². The molecule has 3 rings (SSSR count). The molecule has 0 aliphatic rings. The fourth-order valence-electron chi connectivity index (χ4n) is 3.44. The molecule has 152 valence electrons. The molecular formula is C22H24ClN3O3. The summed E-state index contributed by atoms with van der Waals surface area (Å²) in [6, 6.07) is 12.5. The molecule has 1 unspecified atom stereocenters. The predicted molar refractivity (Wildman–Crippen MR) is 114 cm³/mol. The van der Waals surface area contributed by atoms with Crippen molar-refractivity contribution in [1.29, 1.82) is 0 Å². The third-order valence-corrected chi connectivity index (χ3v) is 5.04. The summed E-state index contributed by atoms with van der Waals surface area (Å²) in [6.07, 6.45) is 2.27. The molecule has 6 nitrogen and oxygen atoms in total. The molecule has 0 fully saturated rings. The van der Waals surface area contributed by atoms with Crippen molar-refractivity contribution in [3.05, 3.63) is 64.8 Å². The van der Waals surface area contributed by atoms with Crippen molar-refractivity contribution in [3.63, 3.8) is 0 Å². The van der Waals surface area contributed by atoms with Crippen LogP contribution in [0, 0.1) is 0 Å². The van der Waals surface area contributed by atoms with Crippen LogP contribution in [0.4, 0.5) is 0 Å². The van der Waals surface area contributed by atoms with Gasteiger partial charge in [-0.2, -0.15) is 0 Å². The van der Waals surface area contributed by atoms with Crippen LogP contribution in [0.25, 0.3) is 10.9 Å². The van der Waals surface area contributed by atoms with Crippen molar-refractivity contribution < 1.29 is 14.3 Å². The molecule has 2 amide bonds. The van der Waals surface area contributed by atoms with Crippen LogP contribution in [0.1, 0.15) is 18.1 Å². The lowest BCUT2D eigenvalue weighted by Gasteiger charge is -2.25. The van der Waals surface area contributed by atoms with E-state index in [1.807, 2.05) is 30.5 Å². The lowest BCUT2D eigenvalue weighted by molar-refractivity contribution is -0.135. The molecule has 29 heavy (non-hydrogen) atoms. The van der Waals surface area contributed by atoms with E-state index in [0.717, 1.165) is 22.0 Å². The van der Waals surface area contributed by atoms with E-state index in [9.17, 15) is 9.59 Å². The number of para-hydroxylation sites is 1. The Balaban J connectivity index is 1.81. The van der Waals surface area contributed by atoms with Crippen LogP contribution in [0.3, 0.4) is 0 Å². The van der Waals surface area contributed by atoms with E-state index in [0.29, 0.717) is 23.7 Å². The largest absolute Gasteiger partial charge is 0.496 e. The number of likely N-dealkylation sites (N-methyl/N-ethyl adjacent to an activating group) is 1. The smallest absolute Gasteiger partial charge is 0.245 e. The molecule has 0 saturated heterocycles. The Kier molecular flexibility index (Phi) is 6.44. The molecule has 2 aromatic carbocycles. The van der Waals surface area contributed by atoms with Gasteiger partial charge in [-0.3, -0.25) is 9.59 Å². The second-order valence-electron chi connectivity index (χ2n) is 6.97. The summed E-state index contributed by atoms with van der Waals surface area (Å²) in [4.78, 5) is 29.7. The van der Waals surface area contributed by atoms with Gasteiger partial charge in [-0.25, -0.2) is 0 Å². The van der Waals surface area contributed by atoms with Crippen molar-refractivity contribution in [1.82, 2.24) is 15.2 Å². The van der Waals surface area contributed by atoms with Gasteiger partial charge in [0.1, 0.15) is 11.8 Å². The van der Waals surface area contributed by atoms with Gasteiger partial charge in [0.2, 0.25) is 11.8 Å². The topological polar surface area (TPSA) is 74.4 Å². The van der Waals surface area contributed by atoms with Crippen molar-refractivity contribution in [2.75, 3.05) is 14.2 Å². The molecular weight excluding hydrogens is 390 g/mol. The molecule has 7 heteroatoms. The number of rotatable bonds is 7. The first-order valence-electron chi connectivity index (χ1n) is 9.28. The number of ether oxygens (including phenoxy) is 1. The zero-order chi connectivity index (χ0) is 21.0. The molecule has 1 atom stereocenters. The molecule has 0 bridgehead atoms. The van der Waals surface area contributed by atoms with Gasteiger partial charge in [-0.05, 0) is 29.8 Å². The number of hydrogen-bond donors (Lipinski definition) is 2. The summed E-state index contributed by atoms with van der Waals surface area (Å²) in [5, 5.41) is 4.39. The molecule has 0 spiro atoms. The quantitative estimate of drug-likeness (QED) is 0.622. The van der Waals surface area contributed by atoms with Gasteiger partial charge in [-0.15, -0.1) is 0 Å². The van der Waals surface area contributed by atoms with Gasteiger partial charge in [0.15, 0.2) is 0 Å². The number of methoxy groups -OCH3 is 1. The third kappa shape index (κ3) is 4.90. The number of fused-ring (bicyclic) bond motifs is 1. The van der Waals surface area contributed by atoms with Crippen molar-refractivity contribution in [2.24, 2.45) is 0 Å². The highest BCUT2D eigenvalue weighted by Crippen LogP contribution is 2.24.